The van der Waals surface area contributed by atoms with Gasteiger partial charge in [0.25, 0.3) is 0 Å². The molecule has 0 spiro atoms. The van der Waals surface area contributed by atoms with Gasteiger partial charge >= 0.3 is 0 Å². The lowest BCUT2D eigenvalue weighted by Crippen LogP contribution is -2.04. The first kappa shape index (κ1) is 13.4. The molecule has 3 rings (SSSR count). The fraction of sp³-hybridized carbons (Fsp3) is 0.105. The summed E-state index contributed by atoms with van der Waals surface area (Å²) in [5, 5.41) is 2.30. The maximum Gasteiger partial charge on any atom is 0.167 e. The quantitative estimate of drug-likeness (QED) is 0.665. The molecule has 0 unspecified atom stereocenters. The molecule has 0 saturated carbocycles. The minimum atomic E-state index is 0.119. The van der Waals surface area contributed by atoms with Crippen molar-refractivity contribution >= 4 is 16.6 Å². The highest BCUT2D eigenvalue weighted by Gasteiger charge is 2.09. The number of methoxy groups -OCH3 is 1. The van der Waals surface area contributed by atoms with Crippen LogP contribution in [0.15, 0.2) is 66.7 Å². The lowest BCUT2D eigenvalue weighted by atomic mass is 9.98. The molecule has 3 aromatic carbocycles. The van der Waals surface area contributed by atoms with Crippen LogP contribution in [-0.2, 0) is 6.42 Å². The van der Waals surface area contributed by atoms with Crippen molar-refractivity contribution in [1.29, 1.82) is 0 Å². The van der Waals surface area contributed by atoms with Gasteiger partial charge in [0.15, 0.2) is 5.78 Å². The van der Waals surface area contributed by atoms with Crippen LogP contribution in [0.3, 0.4) is 0 Å². The Kier molecular flexibility index (Phi) is 3.69. The van der Waals surface area contributed by atoms with Crippen LogP contribution in [0, 0.1) is 0 Å². The van der Waals surface area contributed by atoms with E-state index >= 15 is 0 Å². The Morgan fingerprint density at radius 2 is 1.62 bits per heavy atom. The minimum Gasteiger partial charge on any atom is -0.497 e. The second-order valence-corrected chi connectivity index (χ2v) is 4.97. The third kappa shape index (κ3) is 2.79. The maximum atomic E-state index is 12.4. The van der Waals surface area contributed by atoms with E-state index in [1.165, 1.54) is 0 Å². The lowest BCUT2D eigenvalue weighted by Gasteiger charge is -2.07. The zero-order valence-corrected chi connectivity index (χ0v) is 11.9. The van der Waals surface area contributed by atoms with Crippen LogP contribution in [0.1, 0.15) is 15.9 Å². The Morgan fingerprint density at radius 1 is 0.905 bits per heavy atom. The number of ether oxygens (including phenoxy) is 1. The summed E-state index contributed by atoms with van der Waals surface area (Å²) >= 11 is 0. The molecular formula is C19H16O2. The van der Waals surface area contributed by atoms with Crippen molar-refractivity contribution in [3.8, 4) is 5.75 Å². The first-order valence-electron chi connectivity index (χ1n) is 6.92. The molecule has 104 valence electrons. The van der Waals surface area contributed by atoms with Crippen molar-refractivity contribution in [3.63, 3.8) is 0 Å². The molecule has 0 atom stereocenters. The second-order valence-electron chi connectivity index (χ2n) is 4.97. The second kappa shape index (κ2) is 5.80. The van der Waals surface area contributed by atoms with Gasteiger partial charge in [-0.2, -0.15) is 0 Å². The number of hydrogen-bond acceptors (Lipinski definition) is 2. The number of ketones is 1. The Hall–Kier alpha value is -2.61. The van der Waals surface area contributed by atoms with Crippen molar-refractivity contribution in [3.05, 3.63) is 77.9 Å². The monoisotopic (exact) mass is 276 g/mol. The normalized spacial score (nSPS) is 10.5. The third-order valence-electron chi connectivity index (χ3n) is 3.64. The molecule has 3 aromatic rings. The standard InChI is InChI=1S/C19H16O2/c1-21-17-11-9-15(10-12-17)19(20)13-16-7-4-6-14-5-2-3-8-18(14)16/h2-12H,13H2,1H3. The SMILES string of the molecule is COc1ccc(C(=O)Cc2cccc3ccccc23)cc1. The molecule has 0 radical (unpaired) electrons. The predicted molar refractivity (Wildman–Crippen MR) is 85.0 cm³/mol. The van der Waals surface area contributed by atoms with Crippen LogP contribution < -0.4 is 4.74 Å². The van der Waals surface area contributed by atoms with Gasteiger partial charge in [0.05, 0.1) is 7.11 Å². The largest absolute Gasteiger partial charge is 0.497 e. The zero-order valence-electron chi connectivity index (χ0n) is 11.9. The molecule has 0 N–H and O–H groups in total. The maximum absolute atomic E-state index is 12.4. The summed E-state index contributed by atoms with van der Waals surface area (Å²) in [6.07, 6.45) is 0.410. The van der Waals surface area contributed by atoms with Gasteiger partial charge in [-0.05, 0) is 40.6 Å². The first-order valence-corrected chi connectivity index (χ1v) is 6.92. The highest BCUT2D eigenvalue weighted by molar-refractivity contribution is 6.00. The summed E-state index contributed by atoms with van der Waals surface area (Å²) in [5.41, 5.74) is 1.78. The number of Topliss-reactive ketones (excluding diaryl/α,β-unsaturated/α-hetero) is 1. The summed E-state index contributed by atoms with van der Waals surface area (Å²) in [6, 6.07) is 21.5. The zero-order chi connectivity index (χ0) is 14.7. The van der Waals surface area contributed by atoms with Crippen molar-refractivity contribution in [2.24, 2.45) is 0 Å². The Morgan fingerprint density at radius 3 is 2.38 bits per heavy atom. The van der Waals surface area contributed by atoms with Crippen molar-refractivity contribution < 1.29 is 9.53 Å². The number of fused-ring (bicyclic) bond motifs is 1. The molecule has 0 aliphatic rings. The van der Waals surface area contributed by atoms with E-state index in [1.54, 1.807) is 7.11 Å². The number of hydrogen-bond donors (Lipinski definition) is 0. The van der Waals surface area contributed by atoms with Crippen molar-refractivity contribution in [2.75, 3.05) is 7.11 Å². The average molecular weight is 276 g/mol. The summed E-state index contributed by atoms with van der Waals surface area (Å²) in [4.78, 5) is 12.4. The minimum absolute atomic E-state index is 0.119. The van der Waals surface area contributed by atoms with E-state index in [0.717, 1.165) is 22.1 Å². The van der Waals surface area contributed by atoms with Crippen molar-refractivity contribution in [2.45, 2.75) is 6.42 Å². The van der Waals surface area contributed by atoms with Crippen LogP contribution in [0.4, 0.5) is 0 Å². The number of rotatable bonds is 4. The summed E-state index contributed by atoms with van der Waals surface area (Å²) in [6.45, 7) is 0. The lowest BCUT2D eigenvalue weighted by molar-refractivity contribution is 0.0993. The predicted octanol–water partition coefficient (Wildman–Crippen LogP) is 4.27. The van der Waals surface area contributed by atoms with E-state index in [1.807, 2.05) is 48.5 Å². The van der Waals surface area contributed by atoms with Crippen LogP contribution in [0.25, 0.3) is 10.8 Å². The van der Waals surface area contributed by atoms with Gasteiger partial charge in [0, 0.05) is 12.0 Å². The molecule has 0 amide bonds. The fourth-order valence-electron chi connectivity index (χ4n) is 2.50. The molecule has 0 heterocycles. The summed E-state index contributed by atoms with van der Waals surface area (Å²) in [5.74, 6) is 0.880. The van der Waals surface area contributed by atoms with E-state index < -0.39 is 0 Å². The van der Waals surface area contributed by atoms with Gasteiger partial charge in [0.2, 0.25) is 0 Å². The van der Waals surface area contributed by atoms with Crippen LogP contribution >= 0.6 is 0 Å². The van der Waals surface area contributed by atoms with E-state index in [-0.39, 0.29) is 5.78 Å². The van der Waals surface area contributed by atoms with Gasteiger partial charge in [0.1, 0.15) is 5.75 Å². The summed E-state index contributed by atoms with van der Waals surface area (Å²) < 4.78 is 5.11. The first-order chi connectivity index (χ1) is 10.3. The van der Waals surface area contributed by atoms with E-state index in [2.05, 4.69) is 18.2 Å². The van der Waals surface area contributed by atoms with Gasteiger partial charge in [-0.3, -0.25) is 4.79 Å². The summed E-state index contributed by atoms with van der Waals surface area (Å²) in [7, 11) is 1.62. The topological polar surface area (TPSA) is 26.3 Å². The van der Waals surface area contributed by atoms with E-state index in [4.69, 9.17) is 4.74 Å². The molecule has 0 saturated heterocycles. The molecule has 0 fully saturated rings. The van der Waals surface area contributed by atoms with Crippen LogP contribution in [0.5, 0.6) is 5.75 Å². The van der Waals surface area contributed by atoms with Crippen molar-refractivity contribution in [1.82, 2.24) is 0 Å². The molecule has 0 aliphatic heterocycles. The van der Waals surface area contributed by atoms with Gasteiger partial charge in [-0.25, -0.2) is 0 Å². The molecule has 0 aliphatic carbocycles. The Labute approximate surface area is 124 Å². The molecule has 2 heteroatoms. The smallest absolute Gasteiger partial charge is 0.167 e. The molecular weight excluding hydrogens is 260 g/mol. The number of carbonyl (C=O) groups is 1. The highest BCUT2D eigenvalue weighted by atomic mass is 16.5. The molecule has 0 bridgehead atoms. The molecule has 2 nitrogen and oxygen atoms in total. The number of benzene rings is 3. The highest BCUT2D eigenvalue weighted by Crippen LogP contribution is 2.20. The third-order valence-corrected chi connectivity index (χ3v) is 3.64. The van der Waals surface area contributed by atoms with E-state index in [9.17, 15) is 4.79 Å². The van der Waals surface area contributed by atoms with Crippen LogP contribution in [-0.4, -0.2) is 12.9 Å². The van der Waals surface area contributed by atoms with Gasteiger partial charge in [-0.15, -0.1) is 0 Å². The Bertz CT molecular complexity index is 768. The molecule has 21 heavy (non-hydrogen) atoms. The Balaban J connectivity index is 1.89. The average Bonchev–Trinajstić information content (AvgIpc) is 2.55. The van der Waals surface area contributed by atoms with Crippen LogP contribution in [0.2, 0.25) is 0 Å². The van der Waals surface area contributed by atoms with Gasteiger partial charge in [-0.1, -0.05) is 42.5 Å². The number of carbonyl (C=O) groups excluding carboxylic acids is 1. The molecule has 0 aromatic heterocycles. The van der Waals surface area contributed by atoms with Gasteiger partial charge < -0.3 is 4.74 Å². The van der Waals surface area contributed by atoms with E-state index in [0.29, 0.717) is 12.0 Å². The fourth-order valence-corrected chi connectivity index (χ4v) is 2.50.